The summed E-state index contributed by atoms with van der Waals surface area (Å²) in [4.78, 5) is 25.8. The average molecular weight is 379 g/mol. The number of carbonyl (C=O) groups is 2. The highest BCUT2D eigenvalue weighted by Crippen LogP contribution is 2.24. The number of hydrogen-bond acceptors (Lipinski definition) is 6. The first-order chi connectivity index (χ1) is 12.8. The third-order valence-electron chi connectivity index (χ3n) is 4.06. The first-order valence-electron chi connectivity index (χ1n) is 9.11. The Morgan fingerprint density at radius 1 is 1.15 bits per heavy atom. The van der Waals surface area contributed by atoms with Gasteiger partial charge in [-0.2, -0.15) is 0 Å². The lowest BCUT2D eigenvalue weighted by atomic mass is 10.2. The molecule has 0 radical (unpaired) electrons. The number of esters is 1. The normalized spacial score (nSPS) is 19.8. The molecule has 0 aromatic heterocycles. The largest absolute Gasteiger partial charge is 0.467 e. The summed E-state index contributed by atoms with van der Waals surface area (Å²) >= 11 is 0. The van der Waals surface area contributed by atoms with Gasteiger partial charge in [-0.3, -0.25) is 4.90 Å². The Morgan fingerprint density at radius 3 is 2.48 bits per heavy atom. The summed E-state index contributed by atoms with van der Waals surface area (Å²) in [5.74, 6) is -0.465. The van der Waals surface area contributed by atoms with Crippen LogP contribution in [-0.4, -0.2) is 61.6 Å². The minimum absolute atomic E-state index is 0.262. The van der Waals surface area contributed by atoms with Crippen LogP contribution in [0, 0.1) is 0 Å². The summed E-state index contributed by atoms with van der Waals surface area (Å²) in [5.41, 5.74) is 0.460. The number of hydrogen-bond donors (Lipinski definition) is 0. The molecule has 2 rings (SSSR count). The van der Waals surface area contributed by atoms with E-state index in [-0.39, 0.29) is 12.6 Å². The molecule has 0 saturated carbocycles. The third kappa shape index (κ3) is 6.84. The lowest BCUT2D eigenvalue weighted by Gasteiger charge is -2.27. The highest BCUT2D eigenvalue weighted by Gasteiger charge is 2.42. The van der Waals surface area contributed by atoms with Crippen molar-refractivity contribution in [1.29, 1.82) is 0 Å². The maximum atomic E-state index is 12.4. The summed E-state index contributed by atoms with van der Waals surface area (Å²) in [6.45, 7) is 6.97. The monoisotopic (exact) mass is 379 g/mol. The van der Waals surface area contributed by atoms with Crippen molar-refractivity contribution in [1.82, 2.24) is 4.90 Å². The van der Waals surface area contributed by atoms with Crippen LogP contribution in [0.2, 0.25) is 0 Å². The molecule has 7 nitrogen and oxygen atoms in total. The maximum Gasteiger partial charge on any atom is 0.411 e. The van der Waals surface area contributed by atoms with Gasteiger partial charge in [0.15, 0.2) is 0 Å². The SMILES string of the molecule is COC(=O)C1CC(OCCOCc2ccccc2)CN1C(=O)OC(C)(C)C. The molecule has 1 aromatic rings. The molecular weight excluding hydrogens is 350 g/mol. The molecule has 1 amide bonds. The Bertz CT molecular complexity index is 613. The second-order valence-electron chi connectivity index (χ2n) is 7.44. The molecule has 27 heavy (non-hydrogen) atoms. The van der Waals surface area contributed by atoms with Crippen molar-refractivity contribution < 1.29 is 28.5 Å². The lowest BCUT2D eigenvalue weighted by Crippen LogP contribution is -2.44. The van der Waals surface area contributed by atoms with Crippen LogP contribution < -0.4 is 0 Å². The van der Waals surface area contributed by atoms with E-state index in [2.05, 4.69) is 0 Å². The summed E-state index contributed by atoms with van der Waals surface area (Å²) in [6.07, 6.45) is -0.420. The van der Waals surface area contributed by atoms with Crippen LogP contribution in [0.15, 0.2) is 30.3 Å². The van der Waals surface area contributed by atoms with Crippen LogP contribution in [0.4, 0.5) is 4.79 Å². The standard InChI is InChI=1S/C20H29NO6/c1-20(2,3)27-19(23)21-13-16(12-17(21)18(22)24-4)26-11-10-25-14-15-8-6-5-7-9-15/h5-9,16-17H,10-14H2,1-4H3. The second-order valence-corrected chi connectivity index (χ2v) is 7.44. The number of rotatable bonds is 7. The van der Waals surface area contributed by atoms with Crippen LogP contribution in [0.5, 0.6) is 0 Å². The van der Waals surface area contributed by atoms with Gasteiger partial charge in [-0.05, 0) is 26.3 Å². The summed E-state index contributed by atoms with van der Waals surface area (Å²) in [6, 6.07) is 9.19. The van der Waals surface area contributed by atoms with E-state index in [4.69, 9.17) is 18.9 Å². The van der Waals surface area contributed by atoms with E-state index in [0.717, 1.165) is 5.56 Å². The number of carbonyl (C=O) groups excluding carboxylic acids is 2. The van der Waals surface area contributed by atoms with Gasteiger partial charge >= 0.3 is 12.1 Å². The van der Waals surface area contributed by atoms with Crippen LogP contribution in [0.1, 0.15) is 32.8 Å². The Labute approximate surface area is 160 Å². The first kappa shape index (κ1) is 21.2. The molecule has 1 aliphatic heterocycles. The van der Waals surface area contributed by atoms with Crippen LogP contribution >= 0.6 is 0 Å². The molecule has 1 aromatic carbocycles. The van der Waals surface area contributed by atoms with Gasteiger partial charge in [-0.15, -0.1) is 0 Å². The number of benzene rings is 1. The average Bonchev–Trinajstić information content (AvgIpc) is 3.04. The van der Waals surface area contributed by atoms with Gasteiger partial charge in [0.2, 0.25) is 0 Å². The van der Waals surface area contributed by atoms with E-state index in [1.807, 2.05) is 30.3 Å². The van der Waals surface area contributed by atoms with Crippen molar-refractivity contribution >= 4 is 12.1 Å². The van der Waals surface area contributed by atoms with Gasteiger partial charge in [0, 0.05) is 6.42 Å². The van der Waals surface area contributed by atoms with Crippen LogP contribution in [0.25, 0.3) is 0 Å². The minimum Gasteiger partial charge on any atom is -0.467 e. The first-order valence-corrected chi connectivity index (χ1v) is 9.11. The predicted octanol–water partition coefficient (Wildman–Crippen LogP) is 2.77. The highest BCUT2D eigenvalue weighted by atomic mass is 16.6. The highest BCUT2D eigenvalue weighted by molar-refractivity contribution is 5.82. The molecule has 0 N–H and O–H groups in total. The van der Waals surface area contributed by atoms with Gasteiger partial charge in [-0.25, -0.2) is 9.59 Å². The number of likely N-dealkylation sites (tertiary alicyclic amines) is 1. The Morgan fingerprint density at radius 2 is 1.85 bits per heavy atom. The molecule has 7 heteroatoms. The molecule has 2 atom stereocenters. The lowest BCUT2D eigenvalue weighted by molar-refractivity contribution is -0.145. The Balaban J connectivity index is 1.80. The third-order valence-corrected chi connectivity index (χ3v) is 4.06. The van der Waals surface area contributed by atoms with Gasteiger partial charge in [0.05, 0.1) is 39.6 Å². The zero-order valence-corrected chi connectivity index (χ0v) is 16.5. The van der Waals surface area contributed by atoms with E-state index in [9.17, 15) is 9.59 Å². The molecule has 0 aliphatic carbocycles. The van der Waals surface area contributed by atoms with Crippen molar-refractivity contribution in [3.8, 4) is 0 Å². The summed E-state index contributed by atoms with van der Waals surface area (Å²) in [7, 11) is 1.31. The Kier molecular flexibility index (Phi) is 7.62. The fourth-order valence-corrected chi connectivity index (χ4v) is 2.84. The molecule has 1 aliphatic rings. The van der Waals surface area contributed by atoms with Crippen molar-refractivity contribution in [3.05, 3.63) is 35.9 Å². The van der Waals surface area contributed by atoms with E-state index in [1.165, 1.54) is 12.0 Å². The zero-order valence-electron chi connectivity index (χ0n) is 16.5. The quantitative estimate of drug-likeness (QED) is 0.536. The number of amides is 1. The van der Waals surface area contributed by atoms with Crippen LogP contribution in [0.3, 0.4) is 0 Å². The molecule has 150 valence electrons. The molecule has 2 unspecified atom stereocenters. The number of methoxy groups -OCH3 is 1. The van der Waals surface area contributed by atoms with Gasteiger partial charge in [0.1, 0.15) is 11.6 Å². The molecule has 0 bridgehead atoms. The molecular formula is C20H29NO6. The van der Waals surface area contributed by atoms with Gasteiger partial charge in [-0.1, -0.05) is 30.3 Å². The zero-order chi connectivity index (χ0) is 19.9. The summed E-state index contributed by atoms with van der Waals surface area (Å²) in [5, 5.41) is 0. The maximum absolute atomic E-state index is 12.4. The van der Waals surface area contributed by atoms with E-state index in [1.54, 1.807) is 20.8 Å². The Hall–Kier alpha value is -2.12. The second kappa shape index (κ2) is 9.71. The topological polar surface area (TPSA) is 74.3 Å². The molecule has 1 fully saturated rings. The fraction of sp³-hybridized carbons (Fsp3) is 0.600. The number of nitrogens with zero attached hydrogens (tertiary/aromatic N) is 1. The fourth-order valence-electron chi connectivity index (χ4n) is 2.84. The summed E-state index contributed by atoms with van der Waals surface area (Å²) < 4.78 is 21.6. The van der Waals surface area contributed by atoms with Crippen LogP contribution in [-0.2, 0) is 30.3 Å². The predicted molar refractivity (Wildman–Crippen MR) is 99.2 cm³/mol. The molecule has 0 spiro atoms. The van der Waals surface area contributed by atoms with Crippen molar-refractivity contribution in [3.63, 3.8) is 0 Å². The van der Waals surface area contributed by atoms with Gasteiger partial charge in [0.25, 0.3) is 0 Å². The number of ether oxygens (including phenoxy) is 4. The minimum atomic E-state index is -0.694. The van der Waals surface area contributed by atoms with Gasteiger partial charge < -0.3 is 18.9 Å². The molecule has 1 heterocycles. The van der Waals surface area contributed by atoms with Crippen molar-refractivity contribution in [2.75, 3.05) is 26.9 Å². The van der Waals surface area contributed by atoms with E-state index in [0.29, 0.717) is 26.2 Å². The smallest absolute Gasteiger partial charge is 0.411 e. The van der Waals surface area contributed by atoms with Crippen molar-refractivity contribution in [2.24, 2.45) is 0 Å². The van der Waals surface area contributed by atoms with E-state index >= 15 is 0 Å². The van der Waals surface area contributed by atoms with Crippen molar-refractivity contribution in [2.45, 2.75) is 51.5 Å². The molecule has 1 saturated heterocycles. The van der Waals surface area contributed by atoms with E-state index < -0.39 is 23.7 Å².